The van der Waals surface area contributed by atoms with E-state index in [1.807, 2.05) is 47.5 Å². The summed E-state index contributed by atoms with van der Waals surface area (Å²) in [5.74, 6) is 0.901. The van der Waals surface area contributed by atoms with Crippen molar-refractivity contribution >= 4 is 11.6 Å². The Balaban J connectivity index is 1.69. The van der Waals surface area contributed by atoms with Gasteiger partial charge in [0.05, 0.1) is 28.6 Å². The van der Waals surface area contributed by atoms with Gasteiger partial charge in [-0.05, 0) is 81.4 Å². The molecule has 2 aromatic heterocycles. The molecule has 1 aromatic carbocycles. The van der Waals surface area contributed by atoms with Crippen LogP contribution in [0.3, 0.4) is 0 Å². The Bertz CT molecular complexity index is 1200. The first-order valence-corrected chi connectivity index (χ1v) is 13.4. The molecule has 1 fully saturated rings. The SMILES string of the molecule is CC(C)CN(CC(C)C)C(=O)c1ccc2nc(-c3ccc(C#N)cc3)c(CCCN3CCCC3)n2c1. The number of imidazole rings is 1. The molecule has 0 radical (unpaired) electrons. The molecule has 0 spiro atoms. The number of rotatable bonds is 10. The van der Waals surface area contributed by atoms with Crippen molar-refractivity contribution in [2.24, 2.45) is 11.8 Å². The van der Waals surface area contributed by atoms with Crippen LogP contribution in [-0.2, 0) is 6.42 Å². The average Bonchev–Trinajstić information content (AvgIpc) is 3.50. The number of amides is 1. The molecule has 6 heteroatoms. The molecule has 0 unspecified atom stereocenters. The van der Waals surface area contributed by atoms with E-state index in [0.717, 1.165) is 55.1 Å². The normalized spacial score (nSPS) is 14.1. The number of hydrogen-bond donors (Lipinski definition) is 0. The average molecular weight is 486 g/mol. The predicted octanol–water partition coefficient (Wildman–Crippen LogP) is 5.66. The number of nitriles is 1. The first-order chi connectivity index (χ1) is 17.4. The standard InChI is InChI=1S/C30H39N5O/c1-22(2)19-34(20-23(3)4)30(36)26-13-14-28-32-29(25-11-9-24(18-31)10-12-25)27(35(28)21-26)8-7-17-33-15-5-6-16-33/h9-14,21-23H,5-8,15-17,19-20H2,1-4H3. The van der Waals surface area contributed by atoms with E-state index < -0.39 is 0 Å². The molecule has 0 saturated carbocycles. The van der Waals surface area contributed by atoms with Crippen molar-refractivity contribution in [1.29, 1.82) is 5.26 Å². The lowest BCUT2D eigenvalue weighted by atomic mass is 10.1. The van der Waals surface area contributed by atoms with Crippen LogP contribution in [0.5, 0.6) is 0 Å². The number of hydrogen-bond acceptors (Lipinski definition) is 4. The fourth-order valence-corrected chi connectivity index (χ4v) is 5.17. The minimum Gasteiger partial charge on any atom is -0.338 e. The zero-order valence-corrected chi connectivity index (χ0v) is 22.2. The number of nitrogens with zero attached hydrogens (tertiary/aromatic N) is 5. The van der Waals surface area contributed by atoms with Crippen LogP contribution >= 0.6 is 0 Å². The molecule has 0 aliphatic carbocycles. The minimum atomic E-state index is 0.0796. The summed E-state index contributed by atoms with van der Waals surface area (Å²) in [5, 5.41) is 9.21. The lowest BCUT2D eigenvalue weighted by molar-refractivity contribution is 0.0714. The maximum atomic E-state index is 13.6. The van der Waals surface area contributed by atoms with E-state index in [-0.39, 0.29) is 5.91 Å². The van der Waals surface area contributed by atoms with Gasteiger partial charge in [-0.15, -0.1) is 0 Å². The summed E-state index contributed by atoms with van der Waals surface area (Å²) in [6, 6.07) is 13.7. The summed E-state index contributed by atoms with van der Waals surface area (Å²) in [5.41, 5.74) is 5.26. The van der Waals surface area contributed by atoms with Crippen LogP contribution in [0.15, 0.2) is 42.6 Å². The fraction of sp³-hybridized carbons (Fsp3) is 0.500. The van der Waals surface area contributed by atoms with Crippen LogP contribution in [0.2, 0.25) is 0 Å². The highest BCUT2D eigenvalue weighted by Crippen LogP contribution is 2.27. The summed E-state index contributed by atoms with van der Waals surface area (Å²) in [7, 11) is 0. The highest BCUT2D eigenvalue weighted by atomic mass is 16.2. The van der Waals surface area contributed by atoms with E-state index >= 15 is 0 Å². The van der Waals surface area contributed by atoms with Crippen molar-refractivity contribution in [3.63, 3.8) is 0 Å². The van der Waals surface area contributed by atoms with Crippen LogP contribution in [0.25, 0.3) is 16.9 Å². The van der Waals surface area contributed by atoms with Gasteiger partial charge in [0, 0.05) is 24.8 Å². The zero-order valence-electron chi connectivity index (χ0n) is 22.2. The number of carbonyl (C=O) groups excluding carboxylic acids is 1. The maximum absolute atomic E-state index is 13.6. The molecule has 0 N–H and O–H groups in total. The predicted molar refractivity (Wildman–Crippen MR) is 145 cm³/mol. The van der Waals surface area contributed by atoms with E-state index in [9.17, 15) is 10.1 Å². The third kappa shape index (κ3) is 6.14. The second-order valence-corrected chi connectivity index (χ2v) is 10.9. The van der Waals surface area contributed by atoms with E-state index in [1.54, 1.807) is 0 Å². The number of pyridine rings is 1. The van der Waals surface area contributed by atoms with Gasteiger partial charge in [0.15, 0.2) is 0 Å². The van der Waals surface area contributed by atoms with Crippen molar-refractivity contribution in [2.75, 3.05) is 32.7 Å². The highest BCUT2D eigenvalue weighted by Gasteiger charge is 2.21. The molecular formula is C30H39N5O. The molecule has 1 saturated heterocycles. The molecule has 4 rings (SSSR count). The molecule has 3 aromatic rings. The smallest absolute Gasteiger partial charge is 0.255 e. The van der Waals surface area contributed by atoms with Crippen molar-refractivity contribution < 1.29 is 4.79 Å². The van der Waals surface area contributed by atoms with Gasteiger partial charge in [-0.3, -0.25) is 4.79 Å². The first kappa shape index (κ1) is 25.9. The summed E-state index contributed by atoms with van der Waals surface area (Å²) in [6.07, 6.45) is 6.49. The summed E-state index contributed by atoms with van der Waals surface area (Å²) < 4.78 is 2.12. The summed E-state index contributed by atoms with van der Waals surface area (Å²) >= 11 is 0. The second kappa shape index (κ2) is 11.7. The first-order valence-electron chi connectivity index (χ1n) is 13.4. The molecule has 0 bridgehead atoms. The van der Waals surface area contributed by atoms with E-state index in [0.29, 0.717) is 23.0 Å². The van der Waals surface area contributed by atoms with Crippen LogP contribution < -0.4 is 0 Å². The van der Waals surface area contributed by atoms with Gasteiger partial charge >= 0.3 is 0 Å². The van der Waals surface area contributed by atoms with E-state index in [2.05, 4.69) is 43.1 Å². The molecule has 0 atom stereocenters. The van der Waals surface area contributed by atoms with Crippen molar-refractivity contribution in [1.82, 2.24) is 19.2 Å². The molecular weight excluding hydrogens is 446 g/mol. The van der Waals surface area contributed by atoms with Gasteiger partial charge in [0.1, 0.15) is 5.65 Å². The van der Waals surface area contributed by atoms with Crippen molar-refractivity contribution in [3.05, 3.63) is 59.4 Å². The van der Waals surface area contributed by atoms with E-state index in [1.165, 1.54) is 25.9 Å². The van der Waals surface area contributed by atoms with Gasteiger partial charge in [0.2, 0.25) is 0 Å². The quantitative estimate of drug-likeness (QED) is 0.372. The number of carbonyl (C=O) groups is 1. The number of aryl methyl sites for hydroxylation is 1. The third-order valence-corrected chi connectivity index (χ3v) is 6.80. The Kier molecular flexibility index (Phi) is 8.43. The van der Waals surface area contributed by atoms with Crippen LogP contribution in [0.1, 0.15) is 68.6 Å². The molecule has 6 nitrogen and oxygen atoms in total. The Hall–Kier alpha value is -3.17. The zero-order chi connectivity index (χ0) is 25.7. The van der Waals surface area contributed by atoms with Gasteiger partial charge in [-0.2, -0.15) is 5.26 Å². The Labute approximate surface area is 215 Å². The number of benzene rings is 1. The molecule has 1 aliphatic heterocycles. The summed E-state index contributed by atoms with van der Waals surface area (Å²) in [6.45, 7) is 13.6. The van der Waals surface area contributed by atoms with Crippen molar-refractivity contribution in [3.8, 4) is 17.3 Å². The van der Waals surface area contributed by atoms with Gasteiger partial charge < -0.3 is 14.2 Å². The van der Waals surface area contributed by atoms with Gasteiger partial charge in [-0.1, -0.05) is 39.8 Å². The van der Waals surface area contributed by atoms with Gasteiger partial charge in [0.25, 0.3) is 5.91 Å². The number of aromatic nitrogens is 2. The largest absolute Gasteiger partial charge is 0.338 e. The number of likely N-dealkylation sites (tertiary alicyclic amines) is 1. The lowest BCUT2D eigenvalue weighted by Crippen LogP contribution is -2.37. The van der Waals surface area contributed by atoms with Crippen LogP contribution in [0, 0.1) is 23.2 Å². The molecule has 190 valence electrons. The molecule has 36 heavy (non-hydrogen) atoms. The Morgan fingerprint density at radius 3 is 2.31 bits per heavy atom. The number of fused-ring (bicyclic) bond motifs is 1. The van der Waals surface area contributed by atoms with Gasteiger partial charge in [-0.25, -0.2) is 4.98 Å². The van der Waals surface area contributed by atoms with E-state index in [4.69, 9.17) is 4.98 Å². The fourth-order valence-electron chi connectivity index (χ4n) is 5.17. The lowest BCUT2D eigenvalue weighted by Gasteiger charge is -2.26. The van der Waals surface area contributed by atoms with Crippen LogP contribution in [-0.4, -0.2) is 57.8 Å². The molecule has 3 heterocycles. The molecule has 1 aliphatic rings. The molecule has 1 amide bonds. The summed E-state index contributed by atoms with van der Waals surface area (Å²) in [4.78, 5) is 23.1. The second-order valence-electron chi connectivity index (χ2n) is 10.9. The monoisotopic (exact) mass is 485 g/mol. The Morgan fingerprint density at radius 2 is 1.69 bits per heavy atom. The van der Waals surface area contributed by atoms with Crippen molar-refractivity contribution in [2.45, 2.75) is 53.4 Å². The van der Waals surface area contributed by atoms with Crippen LogP contribution in [0.4, 0.5) is 0 Å². The highest BCUT2D eigenvalue weighted by molar-refractivity contribution is 5.94. The Morgan fingerprint density at radius 1 is 1.03 bits per heavy atom. The topological polar surface area (TPSA) is 64.6 Å². The minimum absolute atomic E-state index is 0.0796. The maximum Gasteiger partial charge on any atom is 0.255 e. The third-order valence-electron chi connectivity index (χ3n) is 6.80.